The van der Waals surface area contributed by atoms with Gasteiger partial charge in [0.05, 0.1) is 5.69 Å². The van der Waals surface area contributed by atoms with Crippen LogP contribution in [-0.2, 0) is 17.6 Å². The fourth-order valence-electron chi connectivity index (χ4n) is 2.93. The third-order valence-electron chi connectivity index (χ3n) is 4.39. The Balaban J connectivity index is 1.49. The Morgan fingerprint density at radius 2 is 2.00 bits per heavy atom. The van der Waals surface area contributed by atoms with Crippen molar-refractivity contribution in [3.05, 3.63) is 52.5 Å². The zero-order chi connectivity index (χ0) is 20.1. The molecule has 0 atom stereocenters. The van der Waals surface area contributed by atoms with Crippen LogP contribution in [0.3, 0.4) is 0 Å². The quantitative estimate of drug-likeness (QED) is 0.568. The average molecular weight is 446 g/mol. The summed E-state index contributed by atoms with van der Waals surface area (Å²) in [4.78, 5) is 16.6. The largest absolute Gasteiger partial charge is 0.440 e. The number of hydrogen-bond acceptors (Lipinski definition) is 5. The summed E-state index contributed by atoms with van der Waals surface area (Å²) in [6, 6.07) is 8.18. The monoisotopic (exact) mass is 445 g/mol. The number of halogens is 1. The van der Waals surface area contributed by atoms with Crippen LogP contribution in [0.15, 0.2) is 39.5 Å². The summed E-state index contributed by atoms with van der Waals surface area (Å²) in [5.74, 6) is 2.16. The van der Waals surface area contributed by atoms with Crippen molar-refractivity contribution in [1.29, 1.82) is 0 Å². The fourth-order valence-corrected chi connectivity index (χ4v) is 3.19. The highest BCUT2D eigenvalue weighted by atomic mass is 79.9. The molecule has 2 heterocycles. The summed E-state index contributed by atoms with van der Waals surface area (Å²) in [7, 11) is 0. The van der Waals surface area contributed by atoms with Gasteiger partial charge in [-0.15, -0.1) is 10.2 Å². The lowest BCUT2D eigenvalue weighted by atomic mass is 10.1. The fraction of sp³-hybridized carbons (Fsp3) is 0.400. The minimum absolute atomic E-state index is 0.0309. The molecular formula is C20H24BrN5O2. The molecule has 0 spiro atoms. The van der Waals surface area contributed by atoms with Gasteiger partial charge >= 0.3 is 0 Å². The van der Waals surface area contributed by atoms with Crippen LogP contribution in [0, 0.1) is 6.92 Å². The van der Waals surface area contributed by atoms with Gasteiger partial charge in [0.25, 0.3) is 0 Å². The molecule has 0 radical (unpaired) electrons. The van der Waals surface area contributed by atoms with Gasteiger partial charge in [0.1, 0.15) is 12.2 Å². The number of oxazole rings is 1. The van der Waals surface area contributed by atoms with Crippen molar-refractivity contribution in [1.82, 2.24) is 25.1 Å². The zero-order valence-electron chi connectivity index (χ0n) is 16.3. The van der Waals surface area contributed by atoms with E-state index in [1.54, 1.807) is 6.33 Å². The normalized spacial score (nSPS) is 11.2. The molecule has 0 aliphatic rings. The lowest BCUT2D eigenvalue weighted by Gasteiger charge is -2.10. The second-order valence-electron chi connectivity index (χ2n) is 6.88. The van der Waals surface area contributed by atoms with Crippen molar-refractivity contribution >= 4 is 21.8 Å². The van der Waals surface area contributed by atoms with E-state index >= 15 is 0 Å². The molecular weight excluding hydrogens is 422 g/mol. The van der Waals surface area contributed by atoms with Crippen LogP contribution in [-0.4, -0.2) is 32.2 Å². The van der Waals surface area contributed by atoms with Crippen molar-refractivity contribution in [3.8, 4) is 11.3 Å². The van der Waals surface area contributed by atoms with E-state index < -0.39 is 0 Å². The first-order valence-electron chi connectivity index (χ1n) is 9.31. The molecule has 0 aliphatic heterocycles. The topological polar surface area (TPSA) is 85.8 Å². The molecule has 0 aliphatic carbocycles. The maximum atomic E-state index is 12.1. The van der Waals surface area contributed by atoms with Crippen LogP contribution >= 0.6 is 15.9 Å². The second-order valence-corrected chi connectivity index (χ2v) is 7.79. The minimum atomic E-state index is -0.0309. The molecule has 1 N–H and O–H groups in total. The van der Waals surface area contributed by atoms with Crippen LogP contribution in [0.4, 0.5) is 0 Å². The first-order valence-corrected chi connectivity index (χ1v) is 10.1. The van der Waals surface area contributed by atoms with Crippen LogP contribution in [0.2, 0.25) is 0 Å². The van der Waals surface area contributed by atoms with Gasteiger partial charge in [0.15, 0.2) is 11.7 Å². The number of aryl methyl sites for hydroxylation is 2. The van der Waals surface area contributed by atoms with E-state index in [2.05, 4.69) is 50.3 Å². The highest BCUT2D eigenvalue weighted by Gasteiger charge is 2.13. The van der Waals surface area contributed by atoms with E-state index in [1.807, 2.05) is 35.8 Å². The number of amides is 1. The number of benzene rings is 1. The van der Waals surface area contributed by atoms with E-state index in [4.69, 9.17) is 4.42 Å². The molecule has 7 nitrogen and oxygen atoms in total. The number of aromatic nitrogens is 4. The lowest BCUT2D eigenvalue weighted by Crippen LogP contribution is -2.26. The van der Waals surface area contributed by atoms with E-state index in [0.717, 1.165) is 27.3 Å². The van der Waals surface area contributed by atoms with Gasteiger partial charge in [-0.1, -0.05) is 28.1 Å². The maximum absolute atomic E-state index is 12.1. The van der Waals surface area contributed by atoms with Gasteiger partial charge in [-0.05, 0) is 32.9 Å². The first kappa shape index (κ1) is 20.3. The number of nitrogens with zero attached hydrogens (tertiary/aromatic N) is 4. The molecule has 3 rings (SSSR count). The second kappa shape index (κ2) is 9.14. The van der Waals surface area contributed by atoms with Crippen LogP contribution < -0.4 is 5.32 Å². The molecule has 0 fully saturated rings. The number of nitrogens with one attached hydrogen (secondary N) is 1. The summed E-state index contributed by atoms with van der Waals surface area (Å²) in [6.07, 6.45) is 3.16. The lowest BCUT2D eigenvalue weighted by molar-refractivity contribution is -0.121. The summed E-state index contributed by atoms with van der Waals surface area (Å²) < 4.78 is 8.88. The number of carbonyl (C=O) groups excluding carboxylic acids is 1. The summed E-state index contributed by atoms with van der Waals surface area (Å²) >= 11 is 3.43. The number of carbonyl (C=O) groups is 1. The van der Waals surface area contributed by atoms with Crippen LogP contribution in [0.5, 0.6) is 0 Å². The highest BCUT2D eigenvalue weighted by molar-refractivity contribution is 9.10. The van der Waals surface area contributed by atoms with Gasteiger partial charge in [0, 0.05) is 41.9 Å². The highest BCUT2D eigenvalue weighted by Crippen LogP contribution is 2.26. The zero-order valence-corrected chi connectivity index (χ0v) is 17.9. The number of hydrogen-bond donors (Lipinski definition) is 1. The molecule has 148 valence electrons. The Morgan fingerprint density at radius 1 is 1.25 bits per heavy atom. The molecule has 0 unspecified atom stereocenters. The Labute approximate surface area is 172 Å². The molecule has 3 aromatic rings. The minimum Gasteiger partial charge on any atom is -0.440 e. The molecule has 28 heavy (non-hydrogen) atoms. The van der Waals surface area contributed by atoms with Crippen molar-refractivity contribution in [2.45, 2.75) is 46.1 Å². The third-order valence-corrected chi connectivity index (χ3v) is 4.92. The summed E-state index contributed by atoms with van der Waals surface area (Å²) in [6.45, 7) is 6.59. The van der Waals surface area contributed by atoms with E-state index in [-0.39, 0.29) is 5.91 Å². The Hall–Kier alpha value is -2.48. The summed E-state index contributed by atoms with van der Waals surface area (Å²) in [5, 5.41) is 11.0. The maximum Gasteiger partial charge on any atom is 0.220 e. The Bertz CT molecular complexity index is 930. The van der Waals surface area contributed by atoms with Gasteiger partial charge in [-0.2, -0.15) is 0 Å². The van der Waals surface area contributed by atoms with Gasteiger partial charge in [0.2, 0.25) is 5.91 Å². The SMILES string of the molecule is Cc1nc(CCC(=O)NCCc2nncn2C(C)C)oc1-c1ccc(Br)cc1. The standard InChI is InChI=1S/C20H24BrN5O2/c1-13(2)26-12-23-25-17(26)10-11-22-18(27)8-9-19-24-14(3)20(28-19)15-4-6-16(21)7-5-15/h4-7,12-13H,8-11H2,1-3H3,(H,22,27). The van der Waals surface area contributed by atoms with Crippen LogP contribution in [0.1, 0.15) is 43.7 Å². The molecule has 8 heteroatoms. The Kier molecular flexibility index (Phi) is 6.61. The van der Waals surface area contributed by atoms with Crippen molar-refractivity contribution in [2.75, 3.05) is 6.54 Å². The summed E-state index contributed by atoms with van der Waals surface area (Å²) in [5.41, 5.74) is 1.80. The first-order chi connectivity index (χ1) is 13.4. The molecule has 0 saturated heterocycles. The van der Waals surface area contributed by atoms with E-state index in [9.17, 15) is 4.79 Å². The van der Waals surface area contributed by atoms with Crippen molar-refractivity contribution < 1.29 is 9.21 Å². The van der Waals surface area contributed by atoms with Gasteiger partial charge in [-0.25, -0.2) is 4.98 Å². The van der Waals surface area contributed by atoms with Crippen molar-refractivity contribution in [2.24, 2.45) is 0 Å². The Morgan fingerprint density at radius 3 is 2.71 bits per heavy atom. The van der Waals surface area contributed by atoms with Crippen LogP contribution in [0.25, 0.3) is 11.3 Å². The molecule has 0 bridgehead atoms. The predicted molar refractivity (Wildman–Crippen MR) is 110 cm³/mol. The molecule has 1 amide bonds. The van der Waals surface area contributed by atoms with Gasteiger partial charge in [-0.3, -0.25) is 4.79 Å². The van der Waals surface area contributed by atoms with Crippen molar-refractivity contribution in [3.63, 3.8) is 0 Å². The average Bonchev–Trinajstić information content (AvgIpc) is 3.27. The molecule has 1 aromatic carbocycles. The molecule has 2 aromatic heterocycles. The molecule has 0 saturated carbocycles. The van der Waals surface area contributed by atoms with E-state index in [0.29, 0.717) is 37.7 Å². The van der Waals surface area contributed by atoms with E-state index in [1.165, 1.54) is 0 Å². The predicted octanol–water partition coefficient (Wildman–Crippen LogP) is 3.88. The smallest absolute Gasteiger partial charge is 0.220 e. The third kappa shape index (κ3) is 5.07. The number of rotatable bonds is 8. The van der Waals surface area contributed by atoms with Gasteiger partial charge < -0.3 is 14.3 Å².